The molecule has 0 bridgehead atoms. The molecule has 4 nitrogen and oxygen atoms in total. The number of carbonyl (C=O) groups excluding carboxylic acids is 1. The van der Waals surface area contributed by atoms with Gasteiger partial charge >= 0.3 is 11.7 Å². The van der Waals surface area contributed by atoms with Gasteiger partial charge in [0.05, 0.1) is 10.5 Å². The standard InChI is InChI=1S/C17H16F2O4S/c1-10-4-5-11(2)15(12(10)3)23-16(20)13-6-8-14(9-7-13)24(21,22)17(18)19/h4-9,17H,1-3H3. The topological polar surface area (TPSA) is 60.4 Å². The summed E-state index contributed by atoms with van der Waals surface area (Å²) in [4.78, 5) is 11.7. The van der Waals surface area contributed by atoms with Crippen molar-refractivity contribution < 1.29 is 26.7 Å². The maximum absolute atomic E-state index is 12.5. The molecule has 0 spiro atoms. The minimum atomic E-state index is -4.68. The number of rotatable bonds is 4. The van der Waals surface area contributed by atoms with Crippen LogP contribution in [-0.2, 0) is 9.84 Å². The molecule has 0 unspecified atom stereocenters. The van der Waals surface area contributed by atoms with E-state index in [0.29, 0.717) is 5.75 Å². The molecule has 0 aliphatic heterocycles. The van der Waals surface area contributed by atoms with Crippen LogP contribution in [0.2, 0.25) is 0 Å². The number of ether oxygens (including phenoxy) is 1. The zero-order chi connectivity index (χ0) is 18.1. The van der Waals surface area contributed by atoms with Crippen molar-refractivity contribution in [2.75, 3.05) is 0 Å². The van der Waals surface area contributed by atoms with E-state index in [-0.39, 0.29) is 5.56 Å². The molecule has 0 saturated carbocycles. The van der Waals surface area contributed by atoms with Crippen molar-refractivity contribution in [3.8, 4) is 5.75 Å². The molecular weight excluding hydrogens is 338 g/mol. The van der Waals surface area contributed by atoms with Crippen molar-refractivity contribution in [1.82, 2.24) is 0 Å². The summed E-state index contributed by atoms with van der Waals surface area (Å²) in [6, 6.07) is 7.97. The normalized spacial score (nSPS) is 11.6. The second kappa shape index (κ2) is 6.68. The van der Waals surface area contributed by atoms with Gasteiger partial charge in [-0.3, -0.25) is 0 Å². The number of sulfone groups is 1. The molecule has 0 aliphatic rings. The average Bonchev–Trinajstić information content (AvgIpc) is 2.55. The van der Waals surface area contributed by atoms with E-state index in [2.05, 4.69) is 0 Å². The van der Waals surface area contributed by atoms with Crippen LogP contribution in [0, 0.1) is 20.8 Å². The van der Waals surface area contributed by atoms with Crippen LogP contribution in [0.15, 0.2) is 41.3 Å². The third-order valence-electron chi connectivity index (χ3n) is 3.72. The monoisotopic (exact) mass is 354 g/mol. The Hall–Kier alpha value is -2.28. The Kier molecular flexibility index (Phi) is 5.03. The smallest absolute Gasteiger partial charge is 0.343 e. The molecule has 0 N–H and O–H groups in total. The van der Waals surface area contributed by atoms with Crippen LogP contribution in [0.3, 0.4) is 0 Å². The van der Waals surface area contributed by atoms with Crippen LogP contribution in [0.4, 0.5) is 8.78 Å². The minimum absolute atomic E-state index is 0.0727. The van der Waals surface area contributed by atoms with Crippen LogP contribution in [0.25, 0.3) is 0 Å². The van der Waals surface area contributed by atoms with Crippen LogP contribution in [0.5, 0.6) is 5.75 Å². The van der Waals surface area contributed by atoms with Crippen molar-refractivity contribution in [1.29, 1.82) is 0 Å². The maximum atomic E-state index is 12.5. The van der Waals surface area contributed by atoms with Gasteiger partial charge in [-0.25, -0.2) is 13.2 Å². The lowest BCUT2D eigenvalue weighted by atomic mass is 10.1. The van der Waals surface area contributed by atoms with Crippen LogP contribution >= 0.6 is 0 Å². The molecule has 0 radical (unpaired) electrons. The Morgan fingerprint density at radius 3 is 2.04 bits per heavy atom. The molecule has 0 heterocycles. The van der Waals surface area contributed by atoms with Gasteiger partial charge in [0.15, 0.2) is 0 Å². The number of halogens is 2. The van der Waals surface area contributed by atoms with Gasteiger partial charge in [-0.2, -0.15) is 8.78 Å². The first-order valence-electron chi connectivity index (χ1n) is 7.05. The second-order valence-electron chi connectivity index (χ2n) is 5.37. The Morgan fingerprint density at radius 2 is 1.50 bits per heavy atom. The summed E-state index contributed by atoms with van der Waals surface area (Å²) in [5.41, 5.74) is 2.63. The summed E-state index contributed by atoms with van der Waals surface area (Å²) in [7, 11) is -4.68. The first kappa shape index (κ1) is 18.1. The molecular formula is C17H16F2O4S. The van der Waals surface area contributed by atoms with Gasteiger partial charge in [0.25, 0.3) is 0 Å². The Balaban J connectivity index is 2.28. The highest BCUT2D eigenvalue weighted by Gasteiger charge is 2.26. The Labute approximate surface area is 139 Å². The predicted octanol–water partition coefficient (Wildman–Crippen LogP) is 3.83. The van der Waals surface area contributed by atoms with Gasteiger partial charge in [0.2, 0.25) is 9.84 Å². The summed E-state index contributed by atoms with van der Waals surface area (Å²) >= 11 is 0. The van der Waals surface area contributed by atoms with Gasteiger partial charge in [-0.1, -0.05) is 12.1 Å². The fraction of sp³-hybridized carbons (Fsp3) is 0.235. The molecule has 0 amide bonds. The van der Waals surface area contributed by atoms with E-state index in [1.807, 2.05) is 26.0 Å². The van der Waals surface area contributed by atoms with Crippen LogP contribution < -0.4 is 4.74 Å². The highest BCUT2D eigenvalue weighted by Crippen LogP contribution is 2.27. The van der Waals surface area contributed by atoms with Crippen LogP contribution in [-0.4, -0.2) is 20.1 Å². The highest BCUT2D eigenvalue weighted by atomic mass is 32.2. The van der Waals surface area contributed by atoms with Gasteiger partial charge in [-0.05, 0) is 61.7 Å². The first-order chi connectivity index (χ1) is 11.1. The lowest BCUT2D eigenvalue weighted by Gasteiger charge is -2.12. The highest BCUT2D eigenvalue weighted by molar-refractivity contribution is 7.91. The lowest BCUT2D eigenvalue weighted by Crippen LogP contribution is -2.13. The molecule has 0 aromatic heterocycles. The lowest BCUT2D eigenvalue weighted by molar-refractivity contribution is 0.0732. The molecule has 2 rings (SSSR count). The van der Waals surface area contributed by atoms with Gasteiger partial charge < -0.3 is 4.74 Å². The number of esters is 1. The number of benzene rings is 2. The van der Waals surface area contributed by atoms with E-state index < -0.39 is 26.5 Å². The first-order valence-corrected chi connectivity index (χ1v) is 8.60. The fourth-order valence-corrected chi connectivity index (χ4v) is 2.84. The molecule has 128 valence electrons. The summed E-state index contributed by atoms with van der Waals surface area (Å²) in [5, 5.41) is 0. The molecule has 0 fully saturated rings. The van der Waals surface area contributed by atoms with Crippen molar-refractivity contribution in [2.24, 2.45) is 0 Å². The SMILES string of the molecule is Cc1ccc(C)c(OC(=O)c2ccc(S(=O)(=O)C(F)F)cc2)c1C. The zero-order valence-electron chi connectivity index (χ0n) is 13.3. The molecule has 0 atom stereocenters. The molecule has 2 aromatic carbocycles. The van der Waals surface area contributed by atoms with E-state index >= 15 is 0 Å². The number of hydrogen-bond acceptors (Lipinski definition) is 4. The van der Waals surface area contributed by atoms with Crippen molar-refractivity contribution in [3.05, 3.63) is 58.7 Å². The molecule has 24 heavy (non-hydrogen) atoms. The molecule has 0 aliphatic carbocycles. The quantitative estimate of drug-likeness (QED) is 0.618. The van der Waals surface area contributed by atoms with E-state index in [9.17, 15) is 22.0 Å². The summed E-state index contributed by atoms with van der Waals surface area (Å²) < 4.78 is 53.1. The third-order valence-corrected chi connectivity index (χ3v) is 5.12. The van der Waals surface area contributed by atoms with Crippen molar-refractivity contribution >= 4 is 15.8 Å². The minimum Gasteiger partial charge on any atom is -0.422 e. The van der Waals surface area contributed by atoms with Gasteiger partial charge in [0.1, 0.15) is 5.75 Å². The number of aryl methyl sites for hydroxylation is 2. The van der Waals surface area contributed by atoms with Gasteiger partial charge in [-0.15, -0.1) is 0 Å². The Morgan fingerprint density at radius 1 is 0.958 bits per heavy atom. The molecule has 7 heteroatoms. The Bertz CT molecular complexity index is 872. The van der Waals surface area contributed by atoms with Gasteiger partial charge in [0, 0.05) is 0 Å². The summed E-state index contributed by atoms with van der Waals surface area (Å²) in [6.45, 7) is 5.51. The van der Waals surface area contributed by atoms with E-state index in [1.54, 1.807) is 6.92 Å². The van der Waals surface area contributed by atoms with E-state index in [4.69, 9.17) is 4.74 Å². The fourth-order valence-electron chi connectivity index (χ4n) is 2.12. The second-order valence-corrected chi connectivity index (χ2v) is 7.29. The van der Waals surface area contributed by atoms with Crippen molar-refractivity contribution in [2.45, 2.75) is 31.4 Å². The van der Waals surface area contributed by atoms with Crippen molar-refractivity contribution in [3.63, 3.8) is 0 Å². The third kappa shape index (κ3) is 3.46. The van der Waals surface area contributed by atoms with Crippen LogP contribution in [0.1, 0.15) is 27.0 Å². The number of alkyl halides is 2. The predicted molar refractivity (Wildman–Crippen MR) is 85.2 cm³/mol. The number of carbonyl (C=O) groups is 1. The molecule has 0 saturated heterocycles. The summed E-state index contributed by atoms with van der Waals surface area (Å²) in [6.07, 6.45) is 0. The maximum Gasteiger partial charge on any atom is 0.343 e. The summed E-state index contributed by atoms with van der Waals surface area (Å²) in [5.74, 6) is -3.76. The average molecular weight is 354 g/mol. The largest absolute Gasteiger partial charge is 0.422 e. The molecule has 2 aromatic rings. The zero-order valence-corrected chi connectivity index (χ0v) is 14.2. The number of hydrogen-bond donors (Lipinski definition) is 0. The van der Waals surface area contributed by atoms with E-state index in [1.165, 1.54) is 0 Å². The van der Waals surface area contributed by atoms with E-state index in [0.717, 1.165) is 41.0 Å².